The van der Waals surface area contributed by atoms with E-state index < -0.39 is 14.9 Å². The van der Waals surface area contributed by atoms with E-state index in [1.807, 2.05) is 4.83 Å². The van der Waals surface area contributed by atoms with Gasteiger partial charge in [0.25, 0.3) is 15.7 Å². The summed E-state index contributed by atoms with van der Waals surface area (Å²) < 4.78 is 24.5. The van der Waals surface area contributed by atoms with Gasteiger partial charge in [-0.3, -0.25) is 10.1 Å². The number of sulfonamides is 1. The van der Waals surface area contributed by atoms with E-state index in [1.54, 1.807) is 25.1 Å². The van der Waals surface area contributed by atoms with E-state index in [1.165, 1.54) is 24.3 Å². The monoisotopic (exact) mass is 349 g/mol. The van der Waals surface area contributed by atoms with E-state index in [2.05, 4.69) is 5.10 Å². The fourth-order valence-corrected chi connectivity index (χ4v) is 2.85. The Balaban J connectivity index is 2.33. The van der Waals surface area contributed by atoms with Gasteiger partial charge in [0, 0.05) is 17.7 Å². The third-order valence-corrected chi connectivity index (χ3v) is 4.40. The normalized spacial score (nSPS) is 12.0. The fourth-order valence-electron chi connectivity index (χ4n) is 1.98. The van der Waals surface area contributed by atoms with Gasteiger partial charge in [-0.05, 0) is 24.6 Å². The molecule has 0 aliphatic carbocycles. The first kappa shape index (κ1) is 17.4. The Morgan fingerprint density at radius 2 is 1.96 bits per heavy atom. The molecular formula is C15H15N3O5S. The summed E-state index contributed by atoms with van der Waals surface area (Å²) in [6.45, 7) is 1.76. The molecule has 126 valence electrons. The summed E-state index contributed by atoms with van der Waals surface area (Å²) in [5.41, 5.74) is 0.405. The number of hydrogen-bond acceptors (Lipinski definition) is 6. The summed E-state index contributed by atoms with van der Waals surface area (Å²) in [6, 6.07) is 11.1. The molecule has 0 bridgehead atoms. The van der Waals surface area contributed by atoms with Crippen molar-refractivity contribution < 1.29 is 18.4 Å². The summed E-state index contributed by atoms with van der Waals surface area (Å²) >= 11 is 0. The lowest BCUT2D eigenvalue weighted by Crippen LogP contribution is -2.20. The zero-order valence-corrected chi connectivity index (χ0v) is 13.5. The van der Waals surface area contributed by atoms with Crippen molar-refractivity contribution in [2.45, 2.75) is 18.2 Å². The van der Waals surface area contributed by atoms with Crippen molar-refractivity contribution in [2.75, 3.05) is 0 Å². The van der Waals surface area contributed by atoms with Crippen LogP contribution in [0.1, 0.15) is 18.9 Å². The standard InChI is InChI=1S/C15H15N3O5S/c1-2-14(13-8-3-4-9-15(13)19)16-17-24(22,23)12-7-5-6-11(10-12)18(20)21/h3-10,17,19H,2H2,1H3. The summed E-state index contributed by atoms with van der Waals surface area (Å²) in [5.74, 6) is -0.0207. The van der Waals surface area contributed by atoms with Crippen LogP contribution in [0.25, 0.3) is 0 Å². The van der Waals surface area contributed by atoms with Crippen LogP contribution in [-0.2, 0) is 10.0 Å². The lowest BCUT2D eigenvalue weighted by Gasteiger charge is -2.08. The van der Waals surface area contributed by atoms with E-state index >= 15 is 0 Å². The van der Waals surface area contributed by atoms with Crippen molar-refractivity contribution >= 4 is 21.4 Å². The van der Waals surface area contributed by atoms with Gasteiger partial charge in [-0.2, -0.15) is 18.4 Å². The molecule has 0 fully saturated rings. The summed E-state index contributed by atoms with van der Waals surface area (Å²) in [4.78, 5) is 11.8. The van der Waals surface area contributed by atoms with Gasteiger partial charge in [0.2, 0.25) is 0 Å². The number of rotatable bonds is 6. The number of benzene rings is 2. The molecule has 2 aromatic rings. The molecule has 0 saturated heterocycles. The van der Waals surface area contributed by atoms with Crippen LogP contribution >= 0.6 is 0 Å². The molecule has 0 unspecified atom stereocenters. The summed E-state index contributed by atoms with van der Waals surface area (Å²) in [5, 5.41) is 24.4. The van der Waals surface area contributed by atoms with Crippen LogP contribution in [-0.4, -0.2) is 24.2 Å². The quantitative estimate of drug-likeness (QED) is 0.471. The molecule has 2 aromatic carbocycles. The first-order valence-electron chi connectivity index (χ1n) is 6.96. The van der Waals surface area contributed by atoms with Gasteiger partial charge in [-0.15, -0.1) is 0 Å². The van der Waals surface area contributed by atoms with Crippen molar-refractivity contribution in [1.82, 2.24) is 4.83 Å². The third-order valence-electron chi connectivity index (χ3n) is 3.19. The highest BCUT2D eigenvalue weighted by molar-refractivity contribution is 7.89. The molecule has 0 spiro atoms. The predicted molar refractivity (Wildman–Crippen MR) is 88.4 cm³/mol. The SMILES string of the molecule is CCC(=NNS(=O)(=O)c1cccc([N+](=O)[O-])c1)c1ccccc1O. The number of hydrazone groups is 1. The van der Waals surface area contributed by atoms with E-state index in [9.17, 15) is 23.6 Å². The van der Waals surface area contributed by atoms with Crippen LogP contribution in [0.2, 0.25) is 0 Å². The maximum Gasteiger partial charge on any atom is 0.276 e. The van der Waals surface area contributed by atoms with Crippen molar-refractivity contribution in [3.8, 4) is 5.75 Å². The van der Waals surface area contributed by atoms with Crippen LogP contribution in [0.4, 0.5) is 5.69 Å². The molecule has 0 aromatic heterocycles. The van der Waals surface area contributed by atoms with E-state index in [0.29, 0.717) is 17.7 Å². The van der Waals surface area contributed by atoms with Crippen molar-refractivity contribution in [3.63, 3.8) is 0 Å². The maximum atomic E-state index is 12.2. The number of nitrogens with zero attached hydrogens (tertiary/aromatic N) is 2. The number of para-hydroxylation sites is 1. The Kier molecular flexibility index (Phi) is 5.14. The van der Waals surface area contributed by atoms with Crippen molar-refractivity contribution in [2.24, 2.45) is 5.10 Å². The minimum absolute atomic E-state index is 0.0207. The lowest BCUT2D eigenvalue weighted by molar-refractivity contribution is -0.385. The number of phenols is 1. The Hall–Kier alpha value is -2.94. The Morgan fingerprint density at radius 3 is 2.58 bits per heavy atom. The van der Waals surface area contributed by atoms with Gasteiger partial charge >= 0.3 is 0 Å². The van der Waals surface area contributed by atoms with Crippen LogP contribution < -0.4 is 4.83 Å². The van der Waals surface area contributed by atoms with Crippen LogP contribution in [0, 0.1) is 10.1 Å². The highest BCUT2D eigenvalue weighted by Crippen LogP contribution is 2.19. The highest BCUT2D eigenvalue weighted by Gasteiger charge is 2.17. The molecule has 9 heteroatoms. The number of nitro groups is 1. The minimum Gasteiger partial charge on any atom is -0.507 e. The molecule has 0 atom stereocenters. The van der Waals surface area contributed by atoms with Crippen LogP contribution in [0.15, 0.2) is 58.5 Å². The van der Waals surface area contributed by atoms with E-state index in [4.69, 9.17) is 0 Å². The average molecular weight is 349 g/mol. The molecule has 8 nitrogen and oxygen atoms in total. The minimum atomic E-state index is -4.07. The Bertz CT molecular complexity index is 893. The van der Waals surface area contributed by atoms with Crippen molar-refractivity contribution in [3.05, 3.63) is 64.2 Å². The Morgan fingerprint density at radius 1 is 1.25 bits per heavy atom. The van der Waals surface area contributed by atoms with Gasteiger partial charge in [-0.1, -0.05) is 25.1 Å². The molecule has 0 amide bonds. The number of nitro benzene ring substituents is 1. The third kappa shape index (κ3) is 3.87. The summed E-state index contributed by atoms with van der Waals surface area (Å²) in [6.07, 6.45) is 0.370. The van der Waals surface area contributed by atoms with Gasteiger partial charge in [-0.25, -0.2) is 0 Å². The topological polar surface area (TPSA) is 122 Å². The highest BCUT2D eigenvalue weighted by atomic mass is 32.2. The molecule has 2 N–H and O–H groups in total. The molecule has 2 rings (SSSR count). The average Bonchev–Trinajstić information content (AvgIpc) is 2.57. The van der Waals surface area contributed by atoms with Crippen molar-refractivity contribution in [1.29, 1.82) is 0 Å². The lowest BCUT2D eigenvalue weighted by atomic mass is 10.1. The first-order valence-corrected chi connectivity index (χ1v) is 8.44. The molecule has 0 heterocycles. The number of aromatic hydroxyl groups is 1. The zero-order chi connectivity index (χ0) is 17.7. The van der Waals surface area contributed by atoms with Crippen LogP contribution in [0.3, 0.4) is 0 Å². The van der Waals surface area contributed by atoms with Gasteiger partial charge in [0.05, 0.1) is 15.5 Å². The molecule has 24 heavy (non-hydrogen) atoms. The van der Waals surface area contributed by atoms with E-state index in [0.717, 1.165) is 6.07 Å². The fraction of sp³-hybridized carbons (Fsp3) is 0.133. The second-order valence-corrected chi connectivity index (χ2v) is 6.44. The predicted octanol–water partition coefficient (Wildman–Crippen LogP) is 2.39. The zero-order valence-electron chi connectivity index (χ0n) is 12.7. The van der Waals surface area contributed by atoms with E-state index in [-0.39, 0.29) is 16.3 Å². The molecule has 0 saturated carbocycles. The largest absolute Gasteiger partial charge is 0.507 e. The van der Waals surface area contributed by atoms with Gasteiger partial charge < -0.3 is 5.11 Å². The smallest absolute Gasteiger partial charge is 0.276 e. The van der Waals surface area contributed by atoms with Gasteiger partial charge in [0.1, 0.15) is 5.75 Å². The van der Waals surface area contributed by atoms with Gasteiger partial charge in [0.15, 0.2) is 0 Å². The number of nitrogens with one attached hydrogen (secondary N) is 1. The Labute approximate surface area is 138 Å². The molecule has 0 aliphatic rings. The second-order valence-electron chi connectivity index (χ2n) is 4.78. The summed E-state index contributed by atoms with van der Waals surface area (Å²) in [7, 11) is -4.07. The number of phenolic OH excluding ortho intramolecular Hbond substituents is 1. The molecule has 0 radical (unpaired) electrons. The van der Waals surface area contributed by atoms with Crippen LogP contribution in [0.5, 0.6) is 5.75 Å². The first-order chi connectivity index (χ1) is 11.3. The maximum absolute atomic E-state index is 12.2. The second kappa shape index (κ2) is 7.09. The number of non-ortho nitro benzene ring substituents is 1. The number of hydrogen-bond donors (Lipinski definition) is 2. The molecule has 0 aliphatic heterocycles. The molecular weight excluding hydrogens is 334 g/mol.